The maximum absolute atomic E-state index is 12.3. The standard InChI is InChI=1S/C13H19NO5S/c1-13(2,3)11(12(15)16)14-20(17,18)10-8-6-5-7-9(10)19-4/h5-8,11,14H,1-4H3,(H,15,16)/t11-/m1/s1. The third kappa shape index (κ3) is 3.71. The number of sulfonamides is 1. The van der Waals surface area contributed by atoms with E-state index in [-0.39, 0.29) is 10.6 Å². The summed E-state index contributed by atoms with van der Waals surface area (Å²) in [4.78, 5) is 11.2. The smallest absolute Gasteiger partial charge is 0.322 e. The summed E-state index contributed by atoms with van der Waals surface area (Å²) in [6.07, 6.45) is 0. The van der Waals surface area contributed by atoms with Crippen molar-refractivity contribution < 1.29 is 23.1 Å². The van der Waals surface area contributed by atoms with Crippen molar-refractivity contribution in [2.45, 2.75) is 31.7 Å². The maximum atomic E-state index is 12.3. The Morgan fingerprint density at radius 1 is 1.30 bits per heavy atom. The van der Waals surface area contributed by atoms with E-state index in [2.05, 4.69) is 4.72 Å². The van der Waals surface area contributed by atoms with Crippen molar-refractivity contribution in [1.29, 1.82) is 0 Å². The summed E-state index contributed by atoms with van der Waals surface area (Å²) in [5, 5.41) is 9.19. The van der Waals surface area contributed by atoms with E-state index in [4.69, 9.17) is 4.74 Å². The van der Waals surface area contributed by atoms with Crippen LogP contribution in [0.4, 0.5) is 0 Å². The van der Waals surface area contributed by atoms with E-state index < -0.39 is 27.4 Å². The second-order valence-electron chi connectivity index (χ2n) is 5.41. The summed E-state index contributed by atoms with van der Waals surface area (Å²) in [7, 11) is -2.63. The molecule has 0 aliphatic rings. The summed E-state index contributed by atoms with van der Waals surface area (Å²) < 4.78 is 31.8. The fourth-order valence-corrected chi connectivity index (χ4v) is 3.22. The predicted octanol–water partition coefficient (Wildman–Crippen LogP) is 1.47. The molecule has 20 heavy (non-hydrogen) atoms. The second kappa shape index (κ2) is 5.80. The minimum absolute atomic E-state index is 0.0852. The van der Waals surface area contributed by atoms with E-state index in [1.807, 2.05) is 0 Å². The van der Waals surface area contributed by atoms with Gasteiger partial charge in [-0.3, -0.25) is 4.79 Å². The number of carboxylic acid groups (broad SMARTS) is 1. The number of nitrogens with one attached hydrogen (secondary N) is 1. The molecule has 0 aromatic heterocycles. The van der Waals surface area contributed by atoms with Crippen LogP contribution >= 0.6 is 0 Å². The van der Waals surface area contributed by atoms with Gasteiger partial charge >= 0.3 is 5.97 Å². The zero-order valence-corrected chi connectivity index (χ0v) is 12.7. The number of hydrogen-bond acceptors (Lipinski definition) is 4. The summed E-state index contributed by atoms with van der Waals surface area (Å²) in [5.74, 6) is -1.06. The molecule has 0 radical (unpaired) electrons. The molecule has 0 saturated carbocycles. The van der Waals surface area contributed by atoms with Gasteiger partial charge in [0, 0.05) is 0 Å². The van der Waals surface area contributed by atoms with Crippen LogP contribution in [0.2, 0.25) is 0 Å². The van der Waals surface area contributed by atoms with Crippen molar-refractivity contribution in [2.24, 2.45) is 5.41 Å². The molecule has 2 N–H and O–H groups in total. The Hall–Kier alpha value is -1.60. The molecule has 1 rings (SSSR count). The van der Waals surface area contributed by atoms with Crippen molar-refractivity contribution in [2.75, 3.05) is 7.11 Å². The SMILES string of the molecule is COc1ccccc1S(=O)(=O)N[C@H](C(=O)O)C(C)(C)C. The second-order valence-corrected chi connectivity index (χ2v) is 7.09. The minimum Gasteiger partial charge on any atom is -0.495 e. The molecular formula is C13H19NO5S. The summed E-state index contributed by atoms with van der Waals surface area (Å²) in [5.41, 5.74) is -0.763. The molecule has 0 amide bonds. The predicted molar refractivity (Wildman–Crippen MR) is 74.2 cm³/mol. The van der Waals surface area contributed by atoms with Crippen molar-refractivity contribution in [3.8, 4) is 5.75 Å². The van der Waals surface area contributed by atoms with Crippen molar-refractivity contribution in [3.05, 3.63) is 24.3 Å². The lowest BCUT2D eigenvalue weighted by Crippen LogP contribution is -2.48. The molecule has 1 atom stereocenters. The van der Waals surface area contributed by atoms with Gasteiger partial charge in [-0.05, 0) is 17.5 Å². The van der Waals surface area contributed by atoms with E-state index in [0.29, 0.717) is 0 Å². The number of methoxy groups -OCH3 is 1. The van der Waals surface area contributed by atoms with Crippen LogP contribution in [0.3, 0.4) is 0 Å². The third-order valence-electron chi connectivity index (χ3n) is 2.74. The van der Waals surface area contributed by atoms with E-state index >= 15 is 0 Å². The van der Waals surface area contributed by atoms with Gasteiger partial charge in [-0.1, -0.05) is 32.9 Å². The van der Waals surface area contributed by atoms with Crippen LogP contribution in [0, 0.1) is 5.41 Å². The van der Waals surface area contributed by atoms with Crippen LogP contribution in [0.5, 0.6) is 5.75 Å². The fourth-order valence-electron chi connectivity index (χ4n) is 1.66. The Bertz CT molecular complexity index is 589. The van der Waals surface area contributed by atoms with Gasteiger partial charge in [0.2, 0.25) is 10.0 Å². The van der Waals surface area contributed by atoms with Crippen LogP contribution in [-0.2, 0) is 14.8 Å². The fraction of sp³-hybridized carbons (Fsp3) is 0.462. The first-order valence-electron chi connectivity index (χ1n) is 5.98. The first kappa shape index (κ1) is 16.5. The van der Waals surface area contributed by atoms with Crippen LogP contribution in [-0.4, -0.2) is 32.6 Å². The Balaban J connectivity index is 3.21. The quantitative estimate of drug-likeness (QED) is 0.859. The number of hydrogen-bond donors (Lipinski definition) is 2. The largest absolute Gasteiger partial charge is 0.495 e. The summed E-state index contributed by atoms with van der Waals surface area (Å²) in [6, 6.07) is 4.81. The lowest BCUT2D eigenvalue weighted by molar-refractivity contribution is -0.141. The molecule has 0 aliphatic carbocycles. The summed E-state index contributed by atoms with van der Waals surface area (Å²) in [6.45, 7) is 4.95. The van der Waals surface area contributed by atoms with E-state index in [1.54, 1.807) is 32.9 Å². The summed E-state index contributed by atoms with van der Waals surface area (Å²) >= 11 is 0. The van der Waals surface area contributed by atoms with Gasteiger partial charge < -0.3 is 9.84 Å². The number of para-hydroxylation sites is 1. The maximum Gasteiger partial charge on any atom is 0.322 e. The molecule has 0 aliphatic heterocycles. The van der Waals surface area contributed by atoms with Gasteiger partial charge in [0.05, 0.1) is 7.11 Å². The van der Waals surface area contributed by atoms with E-state index in [1.165, 1.54) is 19.2 Å². The Labute approximate surface area is 118 Å². The van der Waals surface area contributed by atoms with Crippen LogP contribution in [0.25, 0.3) is 0 Å². The van der Waals surface area contributed by atoms with Crippen molar-refractivity contribution in [1.82, 2.24) is 4.72 Å². The molecular weight excluding hydrogens is 282 g/mol. The van der Waals surface area contributed by atoms with Crippen molar-refractivity contribution in [3.63, 3.8) is 0 Å². The topological polar surface area (TPSA) is 92.7 Å². The highest BCUT2D eigenvalue weighted by Crippen LogP contribution is 2.26. The molecule has 0 unspecified atom stereocenters. The molecule has 0 saturated heterocycles. The normalized spacial score (nSPS) is 13.8. The van der Waals surface area contributed by atoms with Crippen LogP contribution in [0.15, 0.2) is 29.2 Å². The van der Waals surface area contributed by atoms with E-state index in [9.17, 15) is 18.3 Å². The molecule has 7 heteroatoms. The highest BCUT2D eigenvalue weighted by molar-refractivity contribution is 7.89. The number of benzene rings is 1. The average molecular weight is 301 g/mol. The molecule has 0 heterocycles. The lowest BCUT2D eigenvalue weighted by atomic mass is 9.88. The Morgan fingerprint density at radius 2 is 1.85 bits per heavy atom. The molecule has 0 spiro atoms. The van der Waals surface area contributed by atoms with Gasteiger partial charge in [0.25, 0.3) is 0 Å². The molecule has 112 valence electrons. The van der Waals surface area contributed by atoms with Gasteiger partial charge in [-0.2, -0.15) is 4.72 Å². The molecule has 1 aromatic carbocycles. The highest BCUT2D eigenvalue weighted by atomic mass is 32.2. The molecule has 1 aromatic rings. The van der Waals surface area contributed by atoms with Gasteiger partial charge in [0.1, 0.15) is 16.7 Å². The number of carbonyl (C=O) groups is 1. The van der Waals surface area contributed by atoms with Gasteiger partial charge in [-0.15, -0.1) is 0 Å². The zero-order valence-electron chi connectivity index (χ0n) is 11.9. The molecule has 0 fully saturated rings. The van der Waals surface area contributed by atoms with Gasteiger partial charge in [-0.25, -0.2) is 8.42 Å². The number of ether oxygens (including phenoxy) is 1. The molecule has 6 nitrogen and oxygen atoms in total. The monoisotopic (exact) mass is 301 g/mol. The van der Waals surface area contributed by atoms with Gasteiger partial charge in [0.15, 0.2) is 0 Å². The molecule has 0 bridgehead atoms. The highest BCUT2D eigenvalue weighted by Gasteiger charge is 2.36. The van der Waals surface area contributed by atoms with E-state index in [0.717, 1.165) is 0 Å². The van der Waals surface area contributed by atoms with Crippen molar-refractivity contribution >= 4 is 16.0 Å². The van der Waals surface area contributed by atoms with Crippen LogP contribution < -0.4 is 9.46 Å². The minimum atomic E-state index is -3.99. The average Bonchev–Trinajstić information content (AvgIpc) is 2.34. The number of aliphatic carboxylic acids is 1. The van der Waals surface area contributed by atoms with Crippen LogP contribution in [0.1, 0.15) is 20.8 Å². The number of rotatable bonds is 5. The zero-order chi connectivity index (χ0) is 15.6. The Morgan fingerprint density at radius 3 is 2.30 bits per heavy atom. The first-order chi connectivity index (χ1) is 9.09. The first-order valence-corrected chi connectivity index (χ1v) is 7.46. The third-order valence-corrected chi connectivity index (χ3v) is 4.21. The lowest BCUT2D eigenvalue weighted by Gasteiger charge is -2.27. The Kier molecular flexibility index (Phi) is 4.77. The number of carboxylic acids is 1.